The van der Waals surface area contributed by atoms with Crippen molar-refractivity contribution in [2.75, 3.05) is 25.2 Å². The Bertz CT molecular complexity index is 268. The van der Waals surface area contributed by atoms with Crippen molar-refractivity contribution >= 4 is 17.6 Å². The van der Waals surface area contributed by atoms with Crippen molar-refractivity contribution in [1.82, 2.24) is 4.98 Å². The van der Waals surface area contributed by atoms with Gasteiger partial charge in [0.1, 0.15) is 5.82 Å². The number of methoxy groups -OCH3 is 1. The van der Waals surface area contributed by atoms with Gasteiger partial charge in [-0.15, -0.1) is 0 Å². The first-order valence-electron chi connectivity index (χ1n) is 4.60. The van der Waals surface area contributed by atoms with E-state index in [1.165, 1.54) is 5.56 Å². The van der Waals surface area contributed by atoms with Crippen LogP contribution < -0.4 is 5.73 Å². The van der Waals surface area contributed by atoms with Gasteiger partial charge in [-0.3, -0.25) is 0 Å². The Kier molecular flexibility index (Phi) is 5.40. The number of ether oxygens (including phenoxy) is 1. The number of pyridine rings is 1. The topological polar surface area (TPSA) is 48.1 Å². The Morgan fingerprint density at radius 3 is 3.14 bits per heavy atom. The molecule has 0 atom stereocenters. The minimum absolute atomic E-state index is 0.597. The molecule has 4 heteroatoms. The molecule has 14 heavy (non-hydrogen) atoms. The van der Waals surface area contributed by atoms with E-state index in [-0.39, 0.29) is 0 Å². The Balaban J connectivity index is 2.18. The third-order valence-corrected chi connectivity index (χ3v) is 2.87. The molecule has 0 amide bonds. The van der Waals surface area contributed by atoms with Crippen molar-refractivity contribution in [2.45, 2.75) is 12.2 Å². The van der Waals surface area contributed by atoms with Gasteiger partial charge in [0.05, 0.1) is 0 Å². The molecule has 0 unspecified atom stereocenters. The highest BCUT2D eigenvalue weighted by molar-refractivity contribution is 7.98. The number of thioether (sulfide) groups is 1. The number of hydrogen-bond acceptors (Lipinski definition) is 4. The van der Waals surface area contributed by atoms with E-state index in [1.807, 2.05) is 23.9 Å². The van der Waals surface area contributed by atoms with E-state index in [1.54, 1.807) is 13.3 Å². The molecule has 1 aromatic heterocycles. The highest BCUT2D eigenvalue weighted by atomic mass is 32.2. The fourth-order valence-corrected chi connectivity index (χ4v) is 1.96. The second-order valence-corrected chi connectivity index (χ2v) is 4.09. The second kappa shape index (κ2) is 6.68. The van der Waals surface area contributed by atoms with Gasteiger partial charge in [-0.25, -0.2) is 4.98 Å². The maximum atomic E-state index is 5.57. The lowest BCUT2D eigenvalue weighted by atomic mass is 10.3. The van der Waals surface area contributed by atoms with Gasteiger partial charge in [0.15, 0.2) is 0 Å². The third kappa shape index (κ3) is 4.48. The molecule has 0 radical (unpaired) electrons. The molecular weight excluding hydrogens is 196 g/mol. The number of rotatable bonds is 6. The number of nitrogens with zero attached hydrogens (tertiary/aromatic N) is 1. The van der Waals surface area contributed by atoms with Gasteiger partial charge < -0.3 is 10.5 Å². The summed E-state index contributed by atoms with van der Waals surface area (Å²) in [6.07, 6.45) is 2.85. The summed E-state index contributed by atoms with van der Waals surface area (Å²) in [7, 11) is 1.73. The SMILES string of the molecule is COCCCSCc1ccnc(N)c1. The number of aromatic nitrogens is 1. The van der Waals surface area contributed by atoms with Crippen LogP contribution in [0.25, 0.3) is 0 Å². The fraction of sp³-hybridized carbons (Fsp3) is 0.500. The molecule has 0 aliphatic carbocycles. The highest BCUT2D eigenvalue weighted by Crippen LogP contribution is 2.13. The number of nitrogens with two attached hydrogens (primary N) is 1. The predicted molar refractivity (Wildman–Crippen MR) is 61.3 cm³/mol. The van der Waals surface area contributed by atoms with Crippen molar-refractivity contribution < 1.29 is 4.74 Å². The summed E-state index contributed by atoms with van der Waals surface area (Å²) in [5.41, 5.74) is 6.81. The van der Waals surface area contributed by atoms with Crippen molar-refractivity contribution in [1.29, 1.82) is 0 Å². The summed E-state index contributed by atoms with van der Waals surface area (Å²) in [6.45, 7) is 0.839. The molecule has 78 valence electrons. The van der Waals surface area contributed by atoms with Crippen LogP contribution in [-0.2, 0) is 10.5 Å². The lowest BCUT2D eigenvalue weighted by molar-refractivity contribution is 0.200. The van der Waals surface area contributed by atoms with E-state index < -0.39 is 0 Å². The van der Waals surface area contributed by atoms with Crippen LogP contribution in [-0.4, -0.2) is 24.5 Å². The van der Waals surface area contributed by atoms with E-state index >= 15 is 0 Å². The zero-order valence-corrected chi connectivity index (χ0v) is 9.22. The summed E-state index contributed by atoms with van der Waals surface area (Å²) in [6, 6.07) is 3.92. The number of anilines is 1. The predicted octanol–water partition coefficient (Wildman–Crippen LogP) is 1.93. The molecule has 0 saturated heterocycles. The van der Waals surface area contributed by atoms with Crippen molar-refractivity contribution in [2.24, 2.45) is 0 Å². The van der Waals surface area contributed by atoms with E-state index in [0.717, 1.165) is 24.5 Å². The lowest BCUT2D eigenvalue weighted by Crippen LogP contribution is -1.93. The number of hydrogen-bond donors (Lipinski definition) is 1. The van der Waals surface area contributed by atoms with E-state index in [0.29, 0.717) is 5.82 Å². The zero-order valence-electron chi connectivity index (χ0n) is 8.40. The summed E-state index contributed by atoms with van der Waals surface area (Å²) in [5, 5.41) is 0. The molecule has 0 spiro atoms. The molecule has 0 fully saturated rings. The average molecular weight is 212 g/mol. The van der Waals surface area contributed by atoms with Crippen LogP contribution in [0.1, 0.15) is 12.0 Å². The second-order valence-electron chi connectivity index (χ2n) is 2.99. The quantitative estimate of drug-likeness (QED) is 0.732. The van der Waals surface area contributed by atoms with Crippen molar-refractivity contribution in [3.8, 4) is 0 Å². The molecule has 0 aliphatic heterocycles. The van der Waals surface area contributed by atoms with Crippen LogP contribution in [0.4, 0.5) is 5.82 Å². The van der Waals surface area contributed by atoms with Crippen LogP contribution in [0.2, 0.25) is 0 Å². The Labute approximate surface area is 89.1 Å². The summed E-state index contributed by atoms with van der Waals surface area (Å²) < 4.78 is 4.97. The summed E-state index contributed by atoms with van der Waals surface area (Å²) in [5.74, 6) is 2.71. The third-order valence-electron chi connectivity index (χ3n) is 1.75. The van der Waals surface area contributed by atoms with Gasteiger partial charge in [0, 0.05) is 25.7 Å². The minimum atomic E-state index is 0.597. The average Bonchev–Trinajstić information content (AvgIpc) is 2.18. The molecule has 3 nitrogen and oxygen atoms in total. The first kappa shape index (κ1) is 11.3. The fourth-order valence-electron chi connectivity index (χ4n) is 1.08. The van der Waals surface area contributed by atoms with Crippen LogP contribution in [0.5, 0.6) is 0 Å². The van der Waals surface area contributed by atoms with Gasteiger partial charge in [-0.05, 0) is 29.9 Å². The highest BCUT2D eigenvalue weighted by Gasteiger charge is 1.94. The van der Waals surface area contributed by atoms with E-state index in [9.17, 15) is 0 Å². The molecule has 2 N–H and O–H groups in total. The first-order chi connectivity index (χ1) is 6.83. The molecular formula is C10H16N2OS. The van der Waals surface area contributed by atoms with Gasteiger partial charge in [-0.2, -0.15) is 11.8 Å². The Hall–Kier alpha value is -0.740. The molecule has 0 saturated carbocycles. The van der Waals surface area contributed by atoms with E-state index in [2.05, 4.69) is 4.98 Å². The molecule has 1 heterocycles. The van der Waals surface area contributed by atoms with Crippen LogP contribution in [0, 0.1) is 0 Å². The summed E-state index contributed by atoms with van der Waals surface area (Å²) >= 11 is 1.89. The molecule has 0 aromatic carbocycles. The number of nitrogen functional groups attached to an aromatic ring is 1. The first-order valence-corrected chi connectivity index (χ1v) is 5.75. The van der Waals surface area contributed by atoms with Crippen LogP contribution in [0.3, 0.4) is 0 Å². The Morgan fingerprint density at radius 2 is 2.43 bits per heavy atom. The Morgan fingerprint density at radius 1 is 1.57 bits per heavy atom. The van der Waals surface area contributed by atoms with E-state index in [4.69, 9.17) is 10.5 Å². The molecule has 0 bridgehead atoms. The monoisotopic (exact) mass is 212 g/mol. The zero-order chi connectivity index (χ0) is 10.2. The minimum Gasteiger partial charge on any atom is -0.385 e. The van der Waals surface area contributed by atoms with Gasteiger partial charge >= 0.3 is 0 Å². The van der Waals surface area contributed by atoms with Gasteiger partial charge in [0.2, 0.25) is 0 Å². The van der Waals surface area contributed by atoms with Crippen molar-refractivity contribution in [3.05, 3.63) is 23.9 Å². The van der Waals surface area contributed by atoms with Crippen molar-refractivity contribution in [3.63, 3.8) is 0 Å². The summed E-state index contributed by atoms with van der Waals surface area (Å²) in [4.78, 5) is 3.95. The molecule has 0 aliphatic rings. The normalized spacial score (nSPS) is 10.4. The lowest BCUT2D eigenvalue weighted by Gasteiger charge is -2.02. The molecule has 1 rings (SSSR count). The van der Waals surface area contributed by atoms with Crippen LogP contribution in [0.15, 0.2) is 18.3 Å². The van der Waals surface area contributed by atoms with Gasteiger partial charge in [0.25, 0.3) is 0 Å². The largest absolute Gasteiger partial charge is 0.385 e. The molecule has 1 aromatic rings. The van der Waals surface area contributed by atoms with Crippen LogP contribution >= 0.6 is 11.8 Å². The van der Waals surface area contributed by atoms with Gasteiger partial charge in [-0.1, -0.05) is 0 Å². The standard InChI is InChI=1S/C10H16N2OS/c1-13-5-2-6-14-8-9-3-4-12-10(11)7-9/h3-4,7H,2,5-6,8H2,1H3,(H2,11,12). The maximum absolute atomic E-state index is 5.57. The smallest absolute Gasteiger partial charge is 0.123 e. The maximum Gasteiger partial charge on any atom is 0.123 e.